The molecule has 0 bridgehead atoms. The number of benzene rings is 1. The maximum atomic E-state index is 14.0. The fourth-order valence-electron chi connectivity index (χ4n) is 2.90. The largest absolute Gasteiger partial charge is 0.393 e. The van der Waals surface area contributed by atoms with Gasteiger partial charge < -0.3 is 14.7 Å². The first kappa shape index (κ1) is 15.8. The maximum absolute atomic E-state index is 14.0. The molecule has 5 nitrogen and oxygen atoms in total. The minimum absolute atomic E-state index is 0.179. The molecule has 6 heteroatoms. The van der Waals surface area contributed by atoms with Gasteiger partial charge in [-0.15, -0.1) is 0 Å². The summed E-state index contributed by atoms with van der Waals surface area (Å²) in [6.45, 7) is 3.31. The maximum Gasteiger partial charge on any atom is 0.132 e. The number of nitrogens with zero attached hydrogens (tertiary/aromatic N) is 3. The summed E-state index contributed by atoms with van der Waals surface area (Å²) in [7, 11) is 0. The monoisotopic (exact) mass is 317 g/mol. The van der Waals surface area contributed by atoms with E-state index in [0.29, 0.717) is 31.7 Å². The predicted molar refractivity (Wildman–Crippen MR) is 84.9 cm³/mol. The van der Waals surface area contributed by atoms with Gasteiger partial charge in [-0.25, -0.2) is 14.4 Å². The predicted octanol–water partition coefficient (Wildman–Crippen LogP) is 1.73. The highest BCUT2D eigenvalue weighted by Crippen LogP contribution is 2.26. The van der Waals surface area contributed by atoms with Crippen LogP contribution in [0.3, 0.4) is 0 Å². The van der Waals surface area contributed by atoms with Crippen LogP contribution in [0.1, 0.15) is 11.3 Å². The van der Waals surface area contributed by atoms with E-state index < -0.39 is 5.60 Å². The zero-order chi connectivity index (χ0) is 16.3. The Balaban J connectivity index is 1.83. The van der Waals surface area contributed by atoms with Gasteiger partial charge in [0.2, 0.25) is 0 Å². The summed E-state index contributed by atoms with van der Waals surface area (Å²) in [5, 5.41) is 9.91. The molecule has 1 aromatic heterocycles. The molecular formula is C17H20FN3O2. The first-order chi connectivity index (χ1) is 11.1. The van der Waals surface area contributed by atoms with Crippen LogP contribution in [-0.4, -0.2) is 47.0 Å². The molecule has 1 fully saturated rings. The summed E-state index contributed by atoms with van der Waals surface area (Å²) in [4.78, 5) is 10.4. The van der Waals surface area contributed by atoms with Gasteiger partial charge in [0.15, 0.2) is 0 Å². The quantitative estimate of drug-likeness (QED) is 0.931. The van der Waals surface area contributed by atoms with E-state index in [1.54, 1.807) is 18.2 Å². The Morgan fingerprint density at radius 3 is 2.91 bits per heavy atom. The van der Waals surface area contributed by atoms with E-state index in [-0.39, 0.29) is 12.4 Å². The highest BCUT2D eigenvalue weighted by molar-refractivity contribution is 5.40. The van der Waals surface area contributed by atoms with Crippen LogP contribution in [0.4, 0.5) is 10.2 Å². The summed E-state index contributed by atoms with van der Waals surface area (Å²) >= 11 is 0. The van der Waals surface area contributed by atoms with E-state index in [9.17, 15) is 9.50 Å². The normalized spacial score (nSPS) is 21.4. The van der Waals surface area contributed by atoms with Crippen molar-refractivity contribution in [2.75, 3.05) is 31.2 Å². The molecule has 1 atom stereocenters. The number of halogens is 1. The minimum Gasteiger partial charge on any atom is -0.393 e. The zero-order valence-corrected chi connectivity index (χ0v) is 13.1. The summed E-state index contributed by atoms with van der Waals surface area (Å²) in [6.07, 6.45) is 1.84. The molecule has 2 heterocycles. The van der Waals surface area contributed by atoms with E-state index in [0.717, 1.165) is 11.5 Å². The van der Waals surface area contributed by atoms with E-state index in [1.165, 1.54) is 12.4 Å². The van der Waals surface area contributed by atoms with Crippen LogP contribution in [0.2, 0.25) is 0 Å². The molecule has 0 aliphatic carbocycles. The minimum atomic E-state index is -0.834. The van der Waals surface area contributed by atoms with E-state index >= 15 is 0 Å². The molecule has 0 radical (unpaired) electrons. The summed E-state index contributed by atoms with van der Waals surface area (Å²) in [5.74, 6) is 0.520. The van der Waals surface area contributed by atoms with Gasteiger partial charge >= 0.3 is 0 Å². The Morgan fingerprint density at radius 1 is 1.35 bits per heavy atom. The second-order valence-corrected chi connectivity index (χ2v) is 5.90. The zero-order valence-electron chi connectivity index (χ0n) is 13.1. The second-order valence-electron chi connectivity index (χ2n) is 5.90. The lowest BCUT2D eigenvalue weighted by atomic mass is 9.92. The molecule has 122 valence electrons. The number of aliphatic hydroxyl groups excluding tert-OH is 1. The SMILES string of the molecule is Cc1cc(N2CCOC(CO)(Cc3ccccc3F)C2)ncn1. The van der Waals surface area contributed by atoms with Crippen molar-refractivity contribution in [2.45, 2.75) is 18.9 Å². The molecule has 0 spiro atoms. The van der Waals surface area contributed by atoms with Gasteiger partial charge in [0.1, 0.15) is 23.6 Å². The standard InChI is InChI=1S/C17H20FN3O2/c1-13-8-16(20-12-19-13)21-6-7-23-17(10-21,11-22)9-14-4-2-3-5-15(14)18/h2-5,8,12,22H,6-7,9-11H2,1H3. The van der Waals surface area contributed by atoms with Crippen LogP contribution in [-0.2, 0) is 11.2 Å². The first-order valence-electron chi connectivity index (χ1n) is 7.64. The van der Waals surface area contributed by atoms with Crippen molar-refractivity contribution < 1.29 is 14.2 Å². The second kappa shape index (κ2) is 6.60. The lowest BCUT2D eigenvalue weighted by molar-refractivity contribution is -0.0873. The molecule has 0 amide bonds. The number of aliphatic hydroxyl groups is 1. The highest BCUT2D eigenvalue weighted by Gasteiger charge is 2.37. The number of rotatable bonds is 4. The molecule has 0 saturated carbocycles. The molecule has 1 unspecified atom stereocenters. The third kappa shape index (κ3) is 3.48. The Bertz CT molecular complexity index is 682. The van der Waals surface area contributed by atoms with Crippen LogP contribution in [0, 0.1) is 12.7 Å². The number of morpholine rings is 1. The molecular weight excluding hydrogens is 297 g/mol. The van der Waals surface area contributed by atoms with Gasteiger partial charge in [0, 0.05) is 24.7 Å². The topological polar surface area (TPSA) is 58.5 Å². The molecule has 2 aromatic rings. The number of anilines is 1. The highest BCUT2D eigenvalue weighted by atomic mass is 19.1. The average Bonchev–Trinajstić information content (AvgIpc) is 2.57. The third-order valence-electron chi connectivity index (χ3n) is 4.12. The summed E-state index contributed by atoms with van der Waals surface area (Å²) < 4.78 is 19.8. The van der Waals surface area contributed by atoms with E-state index in [4.69, 9.17) is 4.74 Å². The van der Waals surface area contributed by atoms with Gasteiger partial charge in [-0.05, 0) is 18.6 Å². The lowest BCUT2D eigenvalue weighted by Crippen LogP contribution is -2.55. The smallest absolute Gasteiger partial charge is 0.132 e. The van der Waals surface area contributed by atoms with Gasteiger partial charge in [0.05, 0.1) is 19.8 Å². The molecule has 3 rings (SSSR count). The van der Waals surface area contributed by atoms with Crippen molar-refractivity contribution >= 4 is 5.82 Å². The van der Waals surface area contributed by atoms with Crippen molar-refractivity contribution in [1.29, 1.82) is 0 Å². The summed E-state index contributed by atoms with van der Waals surface area (Å²) in [5.41, 5.74) is 0.590. The van der Waals surface area contributed by atoms with E-state index in [2.05, 4.69) is 14.9 Å². The average molecular weight is 317 g/mol. The van der Waals surface area contributed by atoms with Crippen molar-refractivity contribution in [3.63, 3.8) is 0 Å². The summed E-state index contributed by atoms with van der Waals surface area (Å²) in [6, 6.07) is 8.50. The molecule has 23 heavy (non-hydrogen) atoms. The van der Waals surface area contributed by atoms with Crippen LogP contribution in [0.25, 0.3) is 0 Å². The van der Waals surface area contributed by atoms with Crippen LogP contribution < -0.4 is 4.90 Å². The van der Waals surface area contributed by atoms with Crippen LogP contribution >= 0.6 is 0 Å². The first-order valence-corrected chi connectivity index (χ1v) is 7.64. The number of aromatic nitrogens is 2. The molecule has 1 saturated heterocycles. The molecule has 1 aliphatic heterocycles. The fourth-order valence-corrected chi connectivity index (χ4v) is 2.90. The number of ether oxygens (including phenoxy) is 1. The fraction of sp³-hybridized carbons (Fsp3) is 0.412. The van der Waals surface area contributed by atoms with Crippen molar-refractivity contribution in [3.05, 3.63) is 53.7 Å². The number of aryl methyl sites for hydroxylation is 1. The number of hydrogen-bond donors (Lipinski definition) is 1. The number of hydrogen-bond acceptors (Lipinski definition) is 5. The van der Waals surface area contributed by atoms with Gasteiger partial charge in [-0.2, -0.15) is 0 Å². The Labute approximate surface area is 134 Å². The van der Waals surface area contributed by atoms with Crippen molar-refractivity contribution in [2.24, 2.45) is 0 Å². The van der Waals surface area contributed by atoms with Gasteiger partial charge in [-0.1, -0.05) is 18.2 Å². The van der Waals surface area contributed by atoms with Gasteiger partial charge in [0.25, 0.3) is 0 Å². The Morgan fingerprint density at radius 2 is 2.17 bits per heavy atom. The van der Waals surface area contributed by atoms with Crippen LogP contribution in [0.5, 0.6) is 0 Å². The third-order valence-corrected chi connectivity index (χ3v) is 4.12. The van der Waals surface area contributed by atoms with Crippen LogP contribution in [0.15, 0.2) is 36.7 Å². The molecule has 1 N–H and O–H groups in total. The molecule has 1 aliphatic rings. The van der Waals surface area contributed by atoms with Crippen molar-refractivity contribution in [1.82, 2.24) is 9.97 Å². The van der Waals surface area contributed by atoms with E-state index in [1.807, 2.05) is 13.0 Å². The Hall–Kier alpha value is -2.05. The Kier molecular flexibility index (Phi) is 4.54. The van der Waals surface area contributed by atoms with Crippen molar-refractivity contribution in [3.8, 4) is 0 Å². The lowest BCUT2D eigenvalue weighted by Gasteiger charge is -2.42. The van der Waals surface area contributed by atoms with Gasteiger partial charge in [-0.3, -0.25) is 0 Å². The molecule has 1 aromatic carbocycles.